The highest BCUT2D eigenvalue weighted by molar-refractivity contribution is 5.75. The minimum Gasteiger partial charge on any atom is -0.341 e. The summed E-state index contributed by atoms with van der Waals surface area (Å²) in [6, 6.07) is 8.95. The molecular weight excluding hydrogens is 393 g/mol. The molecule has 2 aliphatic heterocycles. The molecule has 1 N–H and O–H groups in total. The molecule has 6 nitrogen and oxygen atoms in total. The van der Waals surface area contributed by atoms with Crippen molar-refractivity contribution >= 4 is 12.0 Å². The molecule has 164 valence electrons. The largest absolute Gasteiger partial charge is 0.341 e. The van der Waals surface area contributed by atoms with Crippen LogP contribution in [0.5, 0.6) is 0 Å². The first-order valence-electron chi connectivity index (χ1n) is 11.5. The summed E-state index contributed by atoms with van der Waals surface area (Å²) in [4.78, 5) is 25.6. The summed E-state index contributed by atoms with van der Waals surface area (Å²) in [5, 5.41) is 3.30. The van der Waals surface area contributed by atoms with Gasteiger partial charge in [-0.25, -0.2) is 19.2 Å². The molecule has 3 aliphatic rings. The van der Waals surface area contributed by atoms with Gasteiger partial charge in [-0.1, -0.05) is 43.5 Å². The molecule has 1 aromatic carbocycles. The maximum atomic E-state index is 13.2. The maximum absolute atomic E-state index is 13.2. The number of piperidine rings is 1. The van der Waals surface area contributed by atoms with Gasteiger partial charge in [0.1, 0.15) is 0 Å². The number of halogens is 1. The van der Waals surface area contributed by atoms with E-state index in [0.29, 0.717) is 18.5 Å². The highest BCUT2D eigenvalue weighted by atomic mass is 19.1. The lowest BCUT2D eigenvalue weighted by molar-refractivity contribution is 0.148. The fourth-order valence-electron chi connectivity index (χ4n) is 5.58. The standard InChI is InChI=1S/C24H30FN5O/c25-19-14-26-22(27-15-19)29-12-10-24(11-13-29)17-30(16-18-6-4-5-9-21(18)24)23(31)28-20-7-2-1-3-8-20/h4-6,9,14-15,20H,1-3,7-8,10-13,16-17H2,(H,28,31). The topological polar surface area (TPSA) is 61.4 Å². The number of nitrogens with zero attached hydrogens (tertiary/aromatic N) is 4. The molecular formula is C24H30FN5O. The Kier molecular flexibility index (Phi) is 5.50. The summed E-state index contributed by atoms with van der Waals surface area (Å²) in [6.45, 7) is 2.98. The average molecular weight is 424 g/mol. The Hall–Kier alpha value is -2.70. The molecule has 1 aromatic heterocycles. The lowest BCUT2D eigenvalue weighted by atomic mass is 9.69. The van der Waals surface area contributed by atoms with E-state index >= 15 is 0 Å². The summed E-state index contributed by atoms with van der Waals surface area (Å²) in [5.74, 6) is 0.158. The van der Waals surface area contributed by atoms with Crippen molar-refractivity contribution in [2.24, 2.45) is 0 Å². The Balaban J connectivity index is 1.33. The van der Waals surface area contributed by atoms with Gasteiger partial charge in [0.2, 0.25) is 5.95 Å². The Morgan fingerprint density at radius 3 is 2.52 bits per heavy atom. The van der Waals surface area contributed by atoms with E-state index in [4.69, 9.17) is 0 Å². The molecule has 0 bridgehead atoms. The summed E-state index contributed by atoms with van der Waals surface area (Å²) in [7, 11) is 0. The maximum Gasteiger partial charge on any atom is 0.317 e. The first kappa shape index (κ1) is 20.2. The van der Waals surface area contributed by atoms with Crippen LogP contribution >= 0.6 is 0 Å². The molecule has 1 spiro atoms. The summed E-state index contributed by atoms with van der Waals surface area (Å²) in [6.07, 6.45) is 10.1. The molecule has 1 saturated carbocycles. The van der Waals surface area contributed by atoms with Gasteiger partial charge in [0, 0.05) is 37.6 Å². The van der Waals surface area contributed by atoms with Gasteiger partial charge in [-0.05, 0) is 36.8 Å². The SMILES string of the molecule is O=C(NC1CCCCC1)N1Cc2ccccc2C2(CCN(c3ncc(F)cn3)CC2)C1. The van der Waals surface area contributed by atoms with E-state index in [1.807, 2.05) is 4.90 Å². The zero-order valence-electron chi connectivity index (χ0n) is 17.9. The van der Waals surface area contributed by atoms with Crippen molar-refractivity contribution in [3.8, 4) is 0 Å². The van der Waals surface area contributed by atoms with Crippen molar-refractivity contribution in [3.05, 3.63) is 53.6 Å². The third kappa shape index (κ3) is 4.10. The Bertz CT molecular complexity index is 920. The van der Waals surface area contributed by atoms with Crippen LogP contribution in [0, 0.1) is 5.82 Å². The van der Waals surface area contributed by atoms with Crippen molar-refractivity contribution in [2.45, 2.75) is 62.9 Å². The van der Waals surface area contributed by atoms with E-state index < -0.39 is 5.82 Å². The molecule has 2 fully saturated rings. The first-order chi connectivity index (χ1) is 15.1. The highest BCUT2D eigenvalue weighted by Gasteiger charge is 2.43. The number of rotatable bonds is 2. The van der Waals surface area contributed by atoms with Crippen molar-refractivity contribution in [1.29, 1.82) is 0 Å². The zero-order chi connectivity index (χ0) is 21.3. The zero-order valence-corrected chi connectivity index (χ0v) is 17.9. The number of benzene rings is 1. The summed E-state index contributed by atoms with van der Waals surface area (Å²) in [5.41, 5.74) is 2.56. The molecule has 0 radical (unpaired) electrons. The van der Waals surface area contributed by atoms with Crippen LogP contribution in [0.4, 0.5) is 15.1 Å². The van der Waals surface area contributed by atoms with Crippen LogP contribution < -0.4 is 10.2 Å². The van der Waals surface area contributed by atoms with Crippen LogP contribution in [0.15, 0.2) is 36.7 Å². The van der Waals surface area contributed by atoms with E-state index in [0.717, 1.165) is 45.3 Å². The fourth-order valence-corrected chi connectivity index (χ4v) is 5.58. The lowest BCUT2D eigenvalue weighted by Crippen LogP contribution is -2.56. The third-order valence-corrected chi connectivity index (χ3v) is 7.27. The van der Waals surface area contributed by atoms with Crippen LogP contribution in [0.3, 0.4) is 0 Å². The second-order valence-corrected chi connectivity index (χ2v) is 9.27. The average Bonchev–Trinajstić information content (AvgIpc) is 2.81. The van der Waals surface area contributed by atoms with Gasteiger partial charge in [-0.15, -0.1) is 0 Å². The second-order valence-electron chi connectivity index (χ2n) is 9.27. The molecule has 7 heteroatoms. The molecule has 2 aromatic rings. The monoisotopic (exact) mass is 423 g/mol. The number of hydrogen-bond donors (Lipinski definition) is 1. The lowest BCUT2D eigenvalue weighted by Gasteiger charge is -2.48. The van der Waals surface area contributed by atoms with Crippen molar-refractivity contribution < 1.29 is 9.18 Å². The number of aromatic nitrogens is 2. The number of carbonyl (C=O) groups is 1. The number of urea groups is 1. The molecule has 1 aliphatic carbocycles. The van der Waals surface area contributed by atoms with Gasteiger partial charge in [0.15, 0.2) is 5.82 Å². The van der Waals surface area contributed by atoms with Gasteiger partial charge in [0.05, 0.1) is 12.4 Å². The first-order valence-corrected chi connectivity index (χ1v) is 11.5. The highest BCUT2D eigenvalue weighted by Crippen LogP contribution is 2.42. The van der Waals surface area contributed by atoms with Crippen molar-refractivity contribution in [1.82, 2.24) is 20.2 Å². The van der Waals surface area contributed by atoms with E-state index in [1.54, 1.807) is 0 Å². The van der Waals surface area contributed by atoms with Crippen LogP contribution in [-0.4, -0.2) is 46.6 Å². The quantitative estimate of drug-likeness (QED) is 0.793. The minimum absolute atomic E-state index is 0.0602. The van der Waals surface area contributed by atoms with E-state index in [9.17, 15) is 9.18 Å². The van der Waals surface area contributed by atoms with Crippen LogP contribution in [0.2, 0.25) is 0 Å². The van der Waals surface area contributed by atoms with Gasteiger partial charge in [-0.3, -0.25) is 0 Å². The van der Waals surface area contributed by atoms with Gasteiger partial charge >= 0.3 is 6.03 Å². The van der Waals surface area contributed by atoms with Crippen molar-refractivity contribution in [2.75, 3.05) is 24.5 Å². The number of nitrogens with one attached hydrogen (secondary N) is 1. The van der Waals surface area contributed by atoms with E-state index in [1.165, 1.54) is 42.8 Å². The smallest absolute Gasteiger partial charge is 0.317 e. The Morgan fingerprint density at radius 2 is 1.77 bits per heavy atom. The summed E-state index contributed by atoms with van der Waals surface area (Å²) < 4.78 is 13.2. The van der Waals surface area contributed by atoms with Gasteiger partial charge in [-0.2, -0.15) is 0 Å². The number of fused-ring (bicyclic) bond motifs is 2. The number of hydrogen-bond acceptors (Lipinski definition) is 4. The minimum atomic E-state index is -0.418. The van der Waals surface area contributed by atoms with Gasteiger partial charge < -0.3 is 15.1 Å². The molecule has 0 atom stereocenters. The van der Waals surface area contributed by atoms with E-state index in [-0.39, 0.29) is 11.4 Å². The van der Waals surface area contributed by atoms with Crippen molar-refractivity contribution in [3.63, 3.8) is 0 Å². The van der Waals surface area contributed by atoms with Gasteiger partial charge in [0.25, 0.3) is 0 Å². The van der Waals surface area contributed by atoms with E-state index in [2.05, 4.69) is 44.5 Å². The summed E-state index contributed by atoms with van der Waals surface area (Å²) >= 11 is 0. The number of amides is 2. The van der Waals surface area contributed by atoms with Crippen LogP contribution in [0.1, 0.15) is 56.1 Å². The Morgan fingerprint density at radius 1 is 1.06 bits per heavy atom. The van der Waals surface area contributed by atoms with Crippen LogP contribution in [-0.2, 0) is 12.0 Å². The number of carbonyl (C=O) groups excluding carboxylic acids is 1. The molecule has 2 amide bonds. The normalized spacial score (nSPS) is 21.1. The third-order valence-electron chi connectivity index (χ3n) is 7.27. The van der Waals surface area contributed by atoms with Crippen LogP contribution in [0.25, 0.3) is 0 Å². The second kappa shape index (κ2) is 8.44. The predicted octanol–water partition coefficient (Wildman–Crippen LogP) is 4.01. The molecule has 0 unspecified atom stereocenters. The molecule has 3 heterocycles. The Labute approximate surface area is 182 Å². The predicted molar refractivity (Wildman–Crippen MR) is 117 cm³/mol. The molecule has 5 rings (SSSR count). The molecule has 1 saturated heterocycles. The fraction of sp³-hybridized carbons (Fsp3) is 0.542. The molecule has 31 heavy (non-hydrogen) atoms. The number of anilines is 1.